The fourth-order valence-corrected chi connectivity index (χ4v) is 6.06. The number of carbonyl (C=O) groups is 1. The number of nitrogens with zero attached hydrogens (tertiary/aromatic N) is 8. The summed E-state index contributed by atoms with van der Waals surface area (Å²) >= 11 is 0. The van der Waals surface area contributed by atoms with Crippen LogP contribution in [0.1, 0.15) is 18.5 Å². The number of fused-ring (bicyclic) bond motifs is 1. The number of carbonyl (C=O) groups excluding carboxylic acids is 1. The minimum atomic E-state index is -1.04. The van der Waals surface area contributed by atoms with Crippen molar-refractivity contribution < 1.29 is 27.8 Å². The molecule has 6 rings (SSSR count). The fourth-order valence-electron chi connectivity index (χ4n) is 6.06. The van der Waals surface area contributed by atoms with Gasteiger partial charge in [-0.05, 0) is 56.8 Å². The number of piperazine rings is 1. The predicted molar refractivity (Wildman–Crippen MR) is 168 cm³/mol. The van der Waals surface area contributed by atoms with Crippen molar-refractivity contribution in [1.82, 2.24) is 30.0 Å². The number of anilines is 1. The first-order valence-corrected chi connectivity index (χ1v) is 15.1. The Kier molecular flexibility index (Phi) is 9.17. The van der Waals surface area contributed by atoms with Crippen molar-refractivity contribution in [1.29, 1.82) is 0 Å². The molecule has 0 unspecified atom stereocenters. The molecule has 1 amide bonds. The normalized spacial score (nSPS) is 18.8. The summed E-state index contributed by atoms with van der Waals surface area (Å²) in [7, 11) is 1.99. The number of phenols is 1. The Hall–Kier alpha value is -5.29. The van der Waals surface area contributed by atoms with Gasteiger partial charge in [0.05, 0.1) is 11.3 Å². The van der Waals surface area contributed by atoms with Crippen LogP contribution in [0.4, 0.5) is 19.0 Å². The van der Waals surface area contributed by atoms with Crippen LogP contribution in [0, 0.1) is 18.2 Å². The lowest BCUT2D eigenvalue weighted by Gasteiger charge is -2.39. The lowest BCUT2D eigenvalue weighted by atomic mass is 10.0. The van der Waals surface area contributed by atoms with Crippen LogP contribution in [-0.4, -0.2) is 99.4 Å². The first-order chi connectivity index (χ1) is 22.7. The molecule has 14 heteroatoms. The molecule has 2 saturated heterocycles. The van der Waals surface area contributed by atoms with Crippen LogP contribution >= 0.6 is 0 Å². The van der Waals surface area contributed by atoms with Crippen molar-refractivity contribution in [2.75, 3.05) is 51.3 Å². The number of benzene rings is 2. The summed E-state index contributed by atoms with van der Waals surface area (Å²) in [6.07, 6.45) is 4.35. The molecule has 0 spiro atoms. The van der Waals surface area contributed by atoms with E-state index in [1.807, 2.05) is 7.05 Å². The summed E-state index contributed by atoms with van der Waals surface area (Å²) in [6, 6.07) is 8.97. The van der Waals surface area contributed by atoms with Crippen LogP contribution in [0.25, 0.3) is 33.0 Å². The van der Waals surface area contributed by atoms with E-state index in [1.54, 1.807) is 11.0 Å². The molecular weight excluding hydrogens is 613 g/mol. The van der Waals surface area contributed by atoms with Crippen molar-refractivity contribution in [3.8, 4) is 22.9 Å². The molecule has 242 valence electrons. The highest BCUT2D eigenvalue weighted by Gasteiger charge is 2.36. The average Bonchev–Trinajstić information content (AvgIpc) is 3.49. The number of amides is 1. The molecule has 4 aromatic rings. The van der Waals surface area contributed by atoms with Crippen molar-refractivity contribution in [3.05, 3.63) is 83.2 Å². The van der Waals surface area contributed by atoms with Crippen LogP contribution in [0.3, 0.4) is 0 Å². The summed E-state index contributed by atoms with van der Waals surface area (Å²) in [5.74, 6) is -3.76. The van der Waals surface area contributed by atoms with Crippen molar-refractivity contribution in [2.24, 2.45) is 0 Å². The van der Waals surface area contributed by atoms with Gasteiger partial charge in [0.1, 0.15) is 35.6 Å². The van der Waals surface area contributed by atoms with E-state index in [2.05, 4.69) is 29.9 Å². The van der Waals surface area contributed by atoms with Crippen molar-refractivity contribution in [3.63, 3.8) is 0 Å². The summed E-state index contributed by atoms with van der Waals surface area (Å²) in [4.78, 5) is 30.9. The second-order valence-corrected chi connectivity index (χ2v) is 11.5. The van der Waals surface area contributed by atoms with Crippen LogP contribution in [0.2, 0.25) is 0 Å². The topological polar surface area (TPSA) is 112 Å². The van der Waals surface area contributed by atoms with E-state index in [9.17, 15) is 14.3 Å². The summed E-state index contributed by atoms with van der Waals surface area (Å²) < 4.78 is 52.2. The van der Waals surface area contributed by atoms with Gasteiger partial charge in [-0.3, -0.25) is 4.79 Å². The van der Waals surface area contributed by atoms with Gasteiger partial charge in [-0.1, -0.05) is 12.1 Å². The van der Waals surface area contributed by atoms with E-state index >= 15 is 8.78 Å². The molecule has 47 heavy (non-hydrogen) atoms. The molecule has 2 aliphatic heterocycles. The third-order valence-electron chi connectivity index (χ3n) is 8.52. The van der Waals surface area contributed by atoms with Crippen LogP contribution in [0.15, 0.2) is 54.5 Å². The number of likely N-dealkylation sites (N-methyl/N-ethyl adjacent to an activating group) is 1. The Morgan fingerprint density at radius 1 is 1.13 bits per heavy atom. The van der Waals surface area contributed by atoms with Gasteiger partial charge in [-0.25, -0.2) is 19.7 Å². The van der Waals surface area contributed by atoms with E-state index in [-0.39, 0.29) is 78.4 Å². The second-order valence-electron chi connectivity index (χ2n) is 11.5. The maximum absolute atomic E-state index is 16.3. The third kappa shape index (κ3) is 6.52. The van der Waals surface area contributed by atoms with Crippen LogP contribution in [-0.2, 0) is 4.79 Å². The number of likely N-dealkylation sites (tertiary alicyclic amines) is 1. The maximum Gasteiger partial charge on any atom is 0.319 e. The van der Waals surface area contributed by atoms with Gasteiger partial charge in [-0.15, -0.1) is 0 Å². The molecule has 2 aliphatic rings. The first kappa shape index (κ1) is 31.7. The molecule has 2 aromatic heterocycles. The number of hydrogen-bond donors (Lipinski definition) is 1. The van der Waals surface area contributed by atoms with E-state index in [1.165, 1.54) is 41.4 Å². The summed E-state index contributed by atoms with van der Waals surface area (Å²) in [5, 5.41) is 18.1. The molecule has 2 aromatic carbocycles. The summed E-state index contributed by atoms with van der Waals surface area (Å²) in [6.45, 7) is 8.86. The van der Waals surface area contributed by atoms with Gasteiger partial charge in [0.25, 0.3) is 5.91 Å². The van der Waals surface area contributed by atoms with Crippen molar-refractivity contribution in [2.45, 2.75) is 24.9 Å². The molecule has 0 radical (unpaired) electrons. The zero-order chi connectivity index (χ0) is 33.1. The van der Waals surface area contributed by atoms with E-state index < -0.39 is 35.2 Å². The fraction of sp³-hybridized carbons (Fsp3) is 0.333. The molecule has 11 nitrogen and oxygen atoms in total. The van der Waals surface area contributed by atoms with Gasteiger partial charge in [-0.2, -0.15) is 20.2 Å². The number of aromatic nitrogens is 4. The number of phenolic OH excluding ortho intramolecular Hbond substituents is 1. The van der Waals surface area contributed by atoms with Gasteiger partial charge in [0, 0.05) is 48.9 Å². The second kappa shape index (κ2) is 13.6. The highest BCUT2D eigenvalue weighted by atomic mass is 19.1. The Bertz CT molecular complexity index is 1850. The number of aromatic hydroxyl groups is 1. The molecular formula is C33H31F3N8O3. The molecule has 2 atom stereocenters. The maximum atomic E-state index is 16.3. The number of hydrogen-bond acceptors (Lipinski definition) is 9. The largest absolute Gasteiger partial charge is 0.507 e. The lowest BCUT2D eigenvalue weighted by Crippen LogP contribution is -2.56. The van der Waals surface area contributed by atoms with Crippen LogP contribution < -0.4 is 9.64 Å². The highest BCUT2D eigenvalue weighted by Crippen LogP contribution is 2.38. The minimum Gasteiger partial charge on any atom is -0.507 e. The zero-order valence-corrected chi connectivity index (χ0v) is 25.5. The monoisotopic (exact) mass is 644 g/mol. The van der Waals surface area contributed by atoms with E-state index in [0.29, 0.717) is 0 Å². The van der Waals surface area contributed by atoms with Gasteiger partial charge in [0.2, 0.25) is 6.54 Å². The van der Waals surface area contributed by atoms with Crippen LogP contribution in [0.5, 0.6) is 11.8 Å². The number of rotatable bonds is 8. The first-order valence-electron chi connectivity index (χ1n) is 15.1. The molecule has 2 fully saturated rings. The smallest absolute Gasteiger partial charge is 0.319 e. The Morgan fingerprint density at radius 3 is 2.70 bits per heavy atom. The summed E-state index contributed by atoms with van der Waals surface area (Å²) in [5.41, 5.74) is -0.468. The Labute approximate surface area is 268 Å². The van der Waals surface area contributed by atoms with Gasteiger partial charge in [0.15, 0.2) is 11.6 Å². The minimum absolute atomic E-state index is 0.0406. The predicted octanol–water partition coefficient (Wildman–Crippen LogP) is 4.49. The number of ether oxygens (including phenoxy) is 1. The Morgan fingerprint density at radius 2 is 1.98 bits per heavy atom. The average molecular weight is 645 g/mol. The lowest BCUT2D eigenvalue weighted by molar-refractivity contribution is -0.130. The molecule has 0 aliphatic carbocycles. The quantitative estimate of drug-likeness (QED) is 0.219. The van der Waals surface area contributed by atoms with E-state index in [0.717, 1.165) is 31.5 Å². The van der Waals surface area contributed by atoms with Gasteiger partial charge >= 0.3 is 6.01 Å². The zero-order valence-electron chi connectivity index (χ0n) is 25.5. The van der Waals surface area contributed by atoms with Crippen molar-refractivity contribution >= 4 is 28.7 Å². The number of halogens is 3. The highest BCUT2D eigenvalue weighted by molar-refractivity contribution is 5.96. The molecule has 0 saturated carbocycles. The van der Waals surface area contributed by atoms with E-state index in [4.69, 9.17) is 11.3 Å². The standard InChI is InChI=1S/C33H31F3N8O3/c1-37-17-22-18-43(14-15-44(22)32(46)26(35)16-20-6-4-12-38-41-20)31-24-11-10-23(28-25(34)8-3-9-27(28)45)29(36)30(24)39-33(40-31)47-19-21-7-5-13-42(21)2/h3-4,6,8-12,16,21-22,45H,5,7,13-15,17-19H2,2H3/b26-16-/t21-,22-/m0/s1. The molecule has 4 heterocycles. The Balaban J connectivity index is 1.36. The third-order valence-corrected chi connectivity index (χ3v) is 8.52. The SMILES string of the molecule is [C-]#[N+]C[C@H]1CN(c2nc(OC[C@@H]3CCCN3C)nc3c(F)c(-c4c(O)cccc4F)ccc23)CCN1C(=O)/C(F)=C/c1cccnn1. The molecule has 0 bridgehead atoms. The van der Waals surface area contributed by atoms with Gasteiger partial charge < -0.3 is 29.4 Å². The molecule has 1 N–H and O–H groups in total.